The summed E-state index contributed by atoms with van der Waals surface area (Å²) in [6, 6.07) is 9.72. The van der Waals surface area contributed by atoms with Crippen LogP contribution in [0.15, 0.2) is 42.5 Å². The van der Waals surface area contributed by atoms with Gasteiger partial charge in [0.05, 0.1) is 18.0 Å². The molecule has 0 bridgehead atoms. The summed E-state index contributed by atoms with van der Waals surface area (Å²) in [5.41, 5.74) is 3.33. The molecule has 0 aliphatic rings. The average Bonchev–Trinajstić information content (AvgIpc) is 2.57. The van der Waals surface area contributed by atoms with Crippen molar-refractivity contribution in [3.8, 4) is 0 Å². The summed E-state index contributed by atoms with van der Waals surface area (Å²) in [7, 11) is -3.74. The fraction of sp³-hybridized carbons (Fsp3) is 0.350. The third kappa shape index (κ3) is 5.07. The van der Waals surface area contributed by atoms with Gasteiger partial charge in [-0.05, 0) is 63.1 Å². The molecule has 146 valence electrons. The Morgan fingerprint density at radius 1 is 1.07 bits per heavy atom. The Bertz CT molecular complexity index is 927. The Balaban J connectivity index is 2.27. The molecule has 0 aromatic heterocycles. The van der Waals surface area contributed by atoms with Crippen molar-refractivity contribution in [2.24, 2.45) is 0 Å². The molecule has 0 aliphatic carbocycles. The van der Waals surface area contributed by atoms with Gasteiger partial charge in [-0.25, -0.2) is 12.8 Å². The number of carbonyl (C=O) groups is 1. The average molecular weight is 392 g/mol. The second kappa shape index (κ2) is 8.08. The van der Waals surface area contributed by atoms with Crippen LogP contribution in [0.25, 0.3) is 0 Å². The van der Waals surface area contributed by atoms with Crippen molar-refractivity contribution in [3.63, 3.8) is 0 Å². The molecule has 0 radical (unpaired) electrons. The largest absolute Gasteiger partial charge is 0.348 e. The van der Waals surface area contributed by atoms with Crippen LogP contribution >= 0.6 is 0 Å². The highest BCUT2D eigenvalue weighted by Gasteiger charge is 2.30. The van der Waals surface area contributed by atoms with Crippen molar-refractivity contribution < 1.29 is 17.6 Å². The van der Waals surface area contributed by atoms with Gasteiger partial charge in [0, 0.05) is 0 Å². The minimum Gasteiger partial charge on any atom is -0.348 e. The number of sulfonamides is 1. The van der Waals surface area contributed by atoms with Gasteiger partial charge in [0.15, 0.2) is 0 Å². The van der Waals surface area contributed by atoms with E-state index >= 15 is 0 Å². The van der Waals surface area contributed by atoms with Crippen molar-refractivity contribution in [2.45, 2.75) is 39.8 Å². The predicted molar refractivity (Wildman–Crippen MR) is 106 cm³/mol. The molecule has 1 N–H and O–H groups in total. The molecule has 0 unspecified atom stereocenters. The molecule has 0 saturated carbocycles. The number of hydrogen-bond acceptors (Lipinski definition) is 3. The van der Waals surface area contributed by atoms with E-state index in [1.807, 2.05) is 39.0 Å². The lowest BCUT2D eigenvalue weighted by molar-refractivity contribution is -0.122. The Hall–Kier alpha value is -2.41. The van der Waals surface area contributed by atoms with E-state index in [0.29, 0.717) is 0 Å². The van der Waals surface area contributed by atoms with Crippen molar-refractivity contribution in [1.82, 2.24) is 5.32 Å². The van der Waals surface area contributed by atoms with Gasteiger partial charge in [0.25, 0.3) is 0 Å². The maximum Gasteiger partial charge on any atom is 0.244 e. The van der Waals surface area contributed by atoms with Crippen LogP contribution in [0.1, 0.15) is 36.6 Å². The van der Waals surface area contributed by atoms with Gasteiger partial charge in [-0.15, -0.1) is 0 Å². The molecule has 2 atom stereocenters. The van der Waals surface area contributed by atoms with E-state index in [0.717, 1.165) is 39.4 Å². The number of anilines is 1. The number of nitrogens with one attached hydrogen (secondary N) is 1. The van der Waals surface area contributed by atoms with E-state index in [1.54, 1.807) is 0 Å². The van der Waals surface area contributed by atoms with Gasteiger partial charge < -0.3 is 5.32 Å². The maximum absolute atomic E-state index is 13.2. The first-order valence-electron chi connectivity index (χ1n) is 8.63. The van der Waals surface area contributed by atoms with E-state index in [9.17, 15) is 17.6 Å². The number of rotatable bonds is 6. The van der Waals surface area contributed by atoms with Crippen molar-refractivity contribution in [2.75, 3.05) is 10.6 Å². The van der Waals surface area contributed by atoms with E-state index in [4.69, 9.17) is 0 Å². The number of amides is 1. The van der Waals surface area contributed by atoms with Gasteiger partial charge in [-0.2, -0.15) is 0 Å². The first-order valence-corrected chi connectivity index (χ1v) is 10.5. The molecule has 0 fully saturated rings. The maximum atomic E-state index is 13.2. The molecule has 0 aliphatic heterocycles. The minimum absolute atomic E-state index is 0.237. The third-order valence-corrected chi connectivity index (χ3v) is 5.67. The van der Waals surface area contributed by atoms with E-state index < -0.39 is 27.8 Å². The molecule has 0 saturated heterocycles. The lowest BCUT2D eigenvalue weighted by Gasteiger charge is -2.29. The van der Waals surface area contributed by atoms with Crippen LogP contribution in [0.5, 0.6) is 0 Å². The molecule has 0 heterocycles. The monoisotopic (exact) mass is 392 g/mol. The fourth-order valence-electron chi connectivity index (χ4n) is 3.03. The normalized spacial score (nSPS) is 13.7. The smallest absolute Gasteiger partial charge is 0.244 e. The van der Waals surface area contributed by atoms with Crippen LogP contribution in [0, 0.1) is 19.7 Å². The molecule has 5 nitrogen and oxygen atoms in total. The molecular formula is C20H25FN2O3S. The molecule has 1 amide bonds. The molecule has 2 aromatic carbocycles. The van der Waals surface area contributed by atoms with Crippen LogP contribution in [0.3, 0.4) is 0 Å². The molecule has 7 heteroatoms. The lowest BCUT2D eigenvalue weighted by Crippen LogP contribution is -2.48. The van der Waals surface area contributed by atoms with Crippen molar-refractivity contribution in [3.05, 3.63) is 65.0 Å². The van der Waals surface area contributed by atoms with E-state index in [-0.39, 0.29) is 11.7 Å². The number of aryl methyl sites for hydroxylation is 2. The van der Waals surface area contributed by atoms with Crippen molar-refractivity contribution >= 4 is 21.6 Å². The van der Waals surface area contributed by atoms with Gasteiger partial charge in [-0.1, -0.05) is 23.8 Å². The highest BCUT2D eigenvalue weighted by molar-refractivity contribution is 7.92. The fourth-order valence-corrected chi connectivity index (χ4v) is 4.21. The van der Waals surface area contributed by atoms with Gasteiger partial charge in [0.2, 0.25) is 15.9 Å². The standard InChI is InChI=1S/C20H25FN2O3S/c1-13-6-7-14(2)19(12-13)15(3)22-20(24)16(4)23(27(5,25)26)18-10-8-17(21)9-11-18/h6-12,15-16H,1-5H3,(H,22,24)/t15-,16-/m0/s1. The summed E-state index contributed by atoms with van der Waals surface area (Å²) in [6.07, 6.45) is 1.02. The van der Waals surface area contributed by atoms with Crippen LogP contribution in [0.2, 0.25) is 0 Å². The highest BCUT2D eigenvalue weighted by atomic mass is 32.2. The summed E-state index contributed by atoms with van der Waals surface area (Å²) >= 11 is 0. The zero-order chi connectivity index (χ0) is 20.4. The van der Waals surface area contributed by atoms with Crippen LogP contribution in [0.4, 0.5) is 10.1 Å². The number of benzene rings is 2. The van der Waals surface area contributed by atoms with Gasteiger partial charge in [0.1, 0.15) is 11.9 Å². The summed E-state index contributed by atoms with van der Waals surface area (Å²) in [5, 5.41) is 2.88. The van der Waals surface area contributed by atoms with E-state index in [2.05, 4.69) is 5.32 Å². The zero-order valence-electron chi connectivity index (χ0n) is 16.2. The number of nitrogens with zero attached hydrogens (tertiary/aromatic N) is 1. The van der Waals surface area contributed by atoms with Crippen LogP contribution in [-0.4, -0.2) is 26.6 Å². The predicted octanol–water partition coefficient (Wildman–Crippen LogP) is 3.47. The molecule has 27 heavy (non-hydrogen) atoms. The summed E-state index contributed by atoms with van der Waals surface area (Å²) in [6.45, 7) is 7.30. The highest BCUT2D eigenvalue weighted by Crippen LogP contribution is 2.23. The topological polar surface area (TPSA) is 66.5 Å². The Labute approximate surface area is 160 Å². The quantitative estimate of drug-likeness (QED) is 0.819. The molecule has 2 aromatic rings. The minimum atomic E-state index is -3.74. The van der Waals surface area contributed by atoms with Gasteiger partial charge >= 0.3 is 0 Å². The molecule has 0 spiro atoms. The Morgan fingerprint density at radius 3 is 2.22 bits per heavy atom. The molecular weight excluding hydrogens is 367 g/mol. The first kappa shape index (κ1) is 20.9. The third-order valence-electron chi connectivity index (χ3n) is 4.43. The van der Waals surface area contributed by atoms with Crippen molar-refractivity contribution in [1.29, 1.82) is 0 Å². The lowest BCUT2D eigenvalue weighted by atomic mass is 10.00. The van der Waals surface area contributed by atoms with E-state index in [1.165, 1.54) is 19.1 Å². The van der Waals surface area contributed by atoms with Crippen LogP contribution < -0.4 is 9.62 Å². The second-order valence-corrected chi connectivity index (χ2v) is 8.66. The second-order valence-electron chi connectivity index (χ2n) is 6.80. The molecule has 2 rings (SSSR count). The summed E-state index contributed by atoms with van der Waals surface area (Å²) in [5.74, 6) is -0.911. The first-order chi connectivity index (χ1) is 12.5. The summed E-state index contributed by atoms with van der Waals surface area (Å²) in [4.78, 5) is 12.8. The number of hydrogen-bond donors (Lipinski definition) is 1. The Kier molecular flexibility index (Phi) is 6.26. The van der Waals surface area contributed by atoms with Crippen LogP contribution in [-0.2, 0) is 14.8 Å². The van der Waals surface area contributed by atoms with Gasteiger partial charge in [-0.3, -0.25) is 9.10 Å². The summed E-state index contributed by atoms with van der Waals surface area (Å²) < 4.78 is 38.7. The number of halogens is 1. The SMILES string of the molecule is Cc1ccc(C)c([C@H](C)NC(=O)[C@H](C)N(c2ccc(F)cc2)S(C)(=O)=O)c1. The zero-order valence-corrected chi connectivity index (χ0v) is 17.0. The Morgan fingerprint density at radius 2 is 1.67 bits per heavy atom. The number of carbonyl (C=O) groups excluding carboxylic acids is 1.